The van der Waals surface area contributed by atoms with Gasteiger partial charge in [-0.25, -0.2) is 4.98 Å². The van der Waals surface area contributed by atoms with Crippen molar-refractivity contribution < 1.29 is 4.74 Å². The first kappa shape index (κ1) is 19.4. The summed E-state index contributed by atoms with van der Waals surface area (Å²) >= 11 is 9.14. The summed E-state index contributed by atoms with van der Waals surface area (Å²) in [6.45, 7) is 2.56. The second-order valence-electron chi connectivity index (χ2n) is 6.25. The first-order valence-electron chi connectivity index (χ1n) is 9.05. The average Bonchev–Trinajstić information content (AvgIpc) is 3.18. The van der Waals surface area contributed by atoms with Gasteiger partial charge in [-0.3, -0.25) is 9.36 Å². The molecule has 4 nitrogen and oxygen atoms in total. The largest absolute Gasteiger partial charge is 0.494 e. The van der Waals surface area contributed by atoms with E-state index < -0.39 is 0 Å². The number of aromatic nitrogens is 2. The summed E-state index contributed by atoms with van der Waals surface area (Å²) in [7, 11) is 0. The molecule has 0 saturated carbocycles. The summed E-state index contributed by atoms with van der Waals surface area (Å²) in [5.74, 6) is 2.41. The van der Waals surface area contributed by atoms with Gasteiger partial charge in [-0.15, -0.1) is 11.8 Å². The average molecular weight is 431 g/mol. The van der Waals surface area contributed by atoms with Crippen LogP contribution in [0.3, 0.4) is 0 Å². The van der Waals surface area contributed by atoms with Crippen LogP contribution in [0.4, 0.5) is 0 Å². The van der Waals surface area contributed by atoms with Crippen LogP contribution in [0.15, 0.2) is 63.4 Å². The number of hydrogen-bond acceptors (Lipinski definition) is 5. The Morgan fingerprint density at radius 1 is 1.18 bits per heavy atom. The Hall–Kier alpha value is -1.89. The second kappa shape index (κ2) is 8.64. The van der Waals surface area contributed by atoms with E-state index in [1.54, 1.807) is 28.1 Å². The first-order chi connectivity index (χ1) is 13.7. The topological polar surface area (TPSA) is 44.1 Å². The molecule has 0 radical (unpaired) electrons. The number of halogens is 1. The molecule has 1 aromatic heterocycles. The number of rotatable bonds is 6. The molecule has 0 atom stereocenters. The van der Waals surface area contributed by atoms with Gasteiger partial charge in [-0.1, -0.05) is 35.5 Å². The lowest BCUT2D eigenvalue weighted by atomic mass is 10.2. The number of benzene rings is 2. The Balaban J connectivity index is 1.71. The van der Waals surface area contributed by atoms with Crippen molar-refractivity contribution in [3.8, 4) is 11.4 Å². The van der Waals surface area contributed by atoms with Crippen molar-refractivity contribution in [1.82, 2.24) is 9.55 Å². The number of thioether (sulfide) groups is 2. The van der Waals surface area contributed by atoms with Gasteiger partial charge in [0.2, 0.25) is 0 Å². The SMILES string of the molecule is CCOc1ccc(-n2c(SCc3ccc(Cl)cc3)nc3c(c2=O)SCC3)cc1. The van der Waals surface area contributed by atoms with Gasteiger partial charge < -0.3 is 4.74 Å². The number of fused-ring (bicyclic) bond motifs is 1. The van der Waals surface area contributed by atoms with Crippen molar-refractivity contribution in [2.24, 2.45) is 0 Å². The van der Waals surface area contributed by atoms with Gasteiger partial charge in [0.25, 0.3) is 5.56 Å². The highest BCUT2D eigenvalue weighted by Crippen LogP contribution is 2.31. The van der Waals surface area contributed by atoms with Crippen molar-refractivity contribution in [2.75, 3.05) is 12.4 Å². The normalized spacial score (nSPS) is 12.8. The van der Waals surface area contributed by atoms with E-state index in [2.05, 4.69) is 0 Å². The lowest BCUT2D eigenvalue weighted by Crippen LogP contribution is -2.23. The molecule has 4 rings (SSSR count). The van der Waals surface area contributed by atoms with Gasteiger partial charge in [0.15, 0.2) is 5.16 Å². The highest BCUT2D eigenvalue weighted by molar-refractivity contribution is 7.99. The van der Waals surface area contributed by atoms with Crippen LogP contribution < -0.4 is 10.3 Å². The molecule has 144 valence electrons. The minimum absolute atomic E-state index is 0.00951. The highest BCUT2D eigenvalue weighted by atomic mass is 35.5. The smallest absolute Gasteiger partial charge is 0.272 e. The van der Waals surface area contributed by atoms with E-state index in [1.807, 2.05) is 55.5 Å². The van der Waals surface area contributed by atoms with Crippen LogP contribution in [-0.4, -0.2) is 21.9 Å². The van der Waals surface area contributed by atoms with E-state index in [0.717, 1.165) is 39.8 Å². The van der Waals surface area contributed by atoms with Crippen LogP contribution in [0.1, 0.15) is 18.2 Å². The number of nitrogens with zero attached hydrogens (tertiary/aromatic N) is 2. The van der Waals surface area contributed by atoms with Crippen LogP contribution in [-0.2, 0) is 12.2 Å². The maximum absolute atomic E-state index is 13.2. The Morgan fingerprint density at radius 3 is 2.64 bits per heavy atom. The molecule has 1 aliphatic heterocycles. The van der Waals surface area contributed by atoms with E-state index in [0.29, 0.717) is 22.5 Å². The molecule has 7 heteroatoms. The monoisotopic (exact) mass is 430 g/mol. The summed E-state index contributed by atoms with van der Waals surface area (Å²) in [5, 5.41) is 1.43. The summed E-state index contributed by atoms with van der Waals surface area (Å²) in [6.07, 6.45) is 0.841. The Bertz CT molecular complexity index is 1030. The lowest BCUT2D eigenvalue weighted by Gasteiger charge is -2.14. The van der Waals surface area contributed by atoms with Gasteiger partial charge in [0.1, 0.15) is 5.75 Å². The third-order valence-corrected chi connectivity index (χ3v) is 6.72. The third kappa shape index (κ3) is 4.09. The molecule has 0 saturated heterocycles. The fourth-order valence-corrected chi connectivity index (χ4v) is 5.14. The van der Waals surface area contributed by atoms with Gasteiger partial charge in [-0.05, 0) is 48.9 Å². The zero-order valence-electron chi connectivity index (χ0n) is 15.4. The molecular weight excluding hydrogens is 412 g/mol. The number of ether oxygens (including phenoxy) is 1. The number of hydrogen-bond donors (Lipinski definition) is 0. The third-order valence-electron chi connectivity index (χ3n) is 4.35. The molecule has 2 heterocycles. The van der Waals surface area contributed by atoms with Gasteiger partial charge in [0, 0.05) is 22.9 Å². The number of aryl methyl sites for hydroxylation is 1. The fraction of sp³-hybridized carbons (Fsp3) is 0.238. The molecule has 0 unspecified atom stereocenters. The minimum atomic E-state index is 0.00951. The van der Waals surface area contributed by atoms with Gasteiger partial charge in [-0.2, -0.15) is 0 Å². The quantitative estimate of drug-likeness (QED) is 0.396. The van der Waals surface area contributed by atoms with Crippen molar-refractivity contribution >= 4 is 35.1 Å². The first-order valence-corrected chi connectivity index (χ1v) is 11.4. The zero-order chi connectivity index (χ0) is 19.5. The molecule has 28 heavy (non-hydrogen) atoms. The van der Waals surface area contributed by atoms with Crippen molar-refractivity contribution in [3.63, 3.8) is 0 Å². The van der Waals surface area contributed by atoms with Crippen LogP contribution >= 0.6 is 35.1 Å². The standard InChI is InChI=1S/C21H19ClN2O2S2/c1-2-26-17-9-7-16(8-10-17)24-20(25)19-18(11-12-27-19)23-21(24)28-13-14-3-5-15(22)6-4-14/h3-10H,2,11-13H2,1H3. The molecule has 0 N–H and O–H groups in total. The van der Waals surface area contributed by atoms with Gasteiger partial charge >= 0.3 is 0 Å². The second-order valence-corrected chi connectivity index (χ2v) is 8.74. The Morgan fingerprint density at radius 2 is 1.93 bits per heavy atom. The van der Waals surface area contributed by atoms with Gasteiger partial charge in [0.05, 0.1) is 22.9 Å². The Kier molecular flexibility index (Phi) is 5.99. The molecule has 0 amide bonds. The summed E-state index contributed by atoms with van der Waals surface area (Å²) in [4.78, 5) is 18.8. The van der Waals surface area contributed by atoms with Crippen LogP contribution in [0.5, 0.6) is 5.75 Å². The van der Waals surface area contributed by atoms with E-state index >= 15 is 0 Å². The van der Waals surface area contributed by atoms with E-state index in [9.17, 15) is 4.79 Å². The molecule has 3 aromatic rings. The molecule has 2 aromatic carbocycles. The van der Waals surface area contributed by atoms with E-state index in [1.165, 1.54) is 0 Å². The van der Waals surface area contributed by atoms with Crippen LogP contribution in [0.25, 0.3) is 5.69 Å². The molecule has 0 spiro atoms. The van der Waals surface area contributed by atoms with Crippen molar-refractivity contribution in [1.29, 1.82) is 0 Å². The van der Waals surface area contributed by atoms with E-state index in [-0.39, 0.29) is 5.56 Å². The zero-order valence-corrected chi connectivity index (χ0v) is 17.7. The summed E-state index contributed by atoms with van der Waals surface area (Å²) in [6, 6.07) is 15.3. The van der Waals surface area contributed by atoms with Crippen molar-refractivity contribution in [3.05, 3.63) is 75.2 Å². The van der Waals surface area contributed by atoms with Crippen molar-refractivity contribution in [2.45, 2.75) is 29.1 Å². The predicted octanol–water partition coefficient (Wildman–Crippen LogP) is 5.23. The molecule has 0 fully saturated rings. The van der Waals surface area contributed by atoms with E-state index in [4.69, 9.17) is 21.3 Å². The molecular formula is C21H19ClN2O2S2. The molecule has 1 aliphatic rings. The highest BCUT2D eigenvalue weighted by Gasteiger charge is 2.22. The lowest BCUT2D eigenvalue weighted by molar-refractivity contribution is 0.340. The van der Waals surface area contributed by atoms with Crippen LogP contribution in [0.2, 0.25) is 5.02 Å². The predicted molar refractivity (Wildman–Crippen MR) is 116 cm³/mol. The maximum atomic E-state index is 13.2. The maximum Gasteiger partial charge on any atom is 0.272 e. The molecule has 0 bridgehead atoms. The summed E-state index contributed by atoms with van der Waals surface area (Å²) < 4.78 is 7.24. The summed E-state index contributed by atoms with van der Waals surface area (Å²) in [5.41, 5.74) is 2.86. The fourth-order valence-electron chi connectivity index (χ4n) is 3.00. The van der Waals surface area contributed by atoms with Crippen LogP contribution in [0, 0.1) is 0 Å². The Labute approximate surface area is 177 Å². The minimum Gasteiger partial charge on any atom is -0.494 e. The molecule has 0 aliphatic carbocycles.